The first-order valence-corrected chi connectivity index (χ1v) is 5.37. The molecule has 0 atom stereocenters. The van der Waals surface area contributed by atoms with Gasteiger partial charge in [0.1, 0.15) is 0 Å². The number of nitrogens with two attached hydrogens (primary N) is 1. The van der Waals surface area contributed by atoms with E-state index in [4.69, 9.17) is 5.73 Å². The first-order valence-electron chi connectivity index (χ1n) is 5.37. The van der Waals surface area contributed by atoms with E-state index in [0.29, 0.717) is 0 Å². The first-order chi connectivity index (χ1) is 7.27. The summed E-state index contributed by atoms with van der Waals surface area (Å²) in [6, 6.07) is 4.34. The van der Waals surface area contributed by atoms with Crippen LogP contribution in [0.3, 0.4) is 0 Å². The maximum absolute atomic E-state index is 6.20. The van der Waals surface area contributed by atoms with Gasteiger partial charge < -0.3 is 15.6 Å². The van der Waals surface area contributed by atoms with Crippen molar-refractivity contribution in [2.24, 2.45) is 0 Å². The van der Waals surface area contributed by atoms with Gasteiger partial charge in [0.25, 0.3) is 0 Å². The van der Waals surface area contributed by atoms with Gasteiger partial charge in [-0.25, -0.2) is 0 Å². The van der Waals surface area contributed by atoms with Crippen LogP contribution < -0.4 is 10.6 Å². The van der Waals surface area contributed by atoms with Gasteiger partial charge in [0.2, 0.25) is 0 Å². The van der Waals surface area contributed by atoms with Crippen molar-refractivity contribution >= 4 is 22.3 Å². The molecule has 3 heteroatoms. The summed E-state index contributed by atoms with van der Waals surface area (Å²) in [5.74, 6) is 0. The Morgan fingerprint density at radius 3 is 3.20 bits per heavy atom. The summed E-state index contributed by atoms with van der Waals surface area (Å²) >= 11 is 0. The highest BCUT2D eigenvalue weighted by molar-refractivity contribution is 5.98. The normalized spacial score (nSPS) is 15.7. The van der Waals surface area contributed by atoms with Gasteiger partial charge in [-0.15, -0.1) is 0 Å². The van der Waals surface area contributed by atoms with Crippen molar-refractivity contribution in [3.8, 4) is 0 Å². The number of aryl methyl sites for hydroxylation is 1. The molecule has 0 amide bonds. The number of fused-ring (bicyclic) bond motifs is 2. The molecule has 3 N–H and O–H groups in total. The third-order valence-electron chi connectivity index (χ3n) is 3.26. The molecule has 0 saturated heterocycles. The quantitative estimate of drug-likeness (QED) is 0.641. The number of H-pyrrole nitrogens is 1. The molecule has 3 rings (SSSR count). The average molecular weight is 201 g/mol. The lowest BCUT2D eigenvalue weighted by Gasteiger charge is -2.29. The minimum atomic E-state index is 0.898. The van der Waals surface area contributed by atoms with Gasteiger partial charge in [0, 0.05) is 25.2 Å². The molecule has 0 aliphatic carbocycles. The number of nitrogens with one attached hydrogen (secondary N) is 1. The molecule has 1 aromatic carbocycles. The molecule has 0 unspecified atom stereocenters. The third kappa shape index (κ3) is 1.12. The summed E-state index contributed by atoms with van der Waals surface area (Å²) in [5, 5.41) is 1.22. The van der Waals surface area contributed by atoms with Crippen LogP contribution >= 0.6 is 0 Å². The van der Waals surface area contributed by atoms with E-state index >= 15 is 0 Å². The number of aromatic nitrogens is 1. The molecule has 2 aromatic rings. The van der Waals surface area contributed by atoms with Crippen molar-refractivity contribution in [3.63, 3.8) is 0 Å². The molecular weight excluding hydrogens is 186 g/mol. The van der Waals surface area contributed by atoms with Crippen molar-refractivity contribution in [1.29, 1.82) is 0 Å². The summed E-state index contributed by atoms with van der Waals surface area (Å²) < 4.78 is 0. The molecule has 0 fully saturated rings. The number of anilines is 2. The first kappa shape index (κ1) is 8.65. The van der Waals surface area contributed by atoms with Crippen LogP contribution in [0, 0.1) is 0 Å². The maximum atomic E-state index is 6.20. The minimum absolute atomic E-state index is 0.898. The smallest absolute Gasteiger partial charge is 0.0799 e. The van der Waals surface area contributed by atoms with Crippen LogP contribution in [0.1, 0.15) is 12.0 Å². The molecule has 1 aliphatic rings. The number of rotatable bonds is 0. The van der Waals surface area contributed by atoms with E-state index in [0.717, 1.165) is 24.2 Å². The summed E-state index contributed by atoms with van der Waals surface area (Å²) in [6.07, 6.45) is 4.32. The van der Waals surface area contributed by atoms with E-state index in [1.165, 1.54) is 23.1 Å². The number of nitrogen functional groups attached to an aromatic ring is 1. The Kier molecular flexibility index (Phi) is 1.69. The molecule has 3 nitrogen and oxygen atoms in total. The summed E-state index contributed by atoms with van der Waals surface area (Å²) in [4.78, 5) is 5.47. The molecule has 0 bridgehead atoms. The molecular formula is C12H15N3. The van der Waals surface area contributed by atoms with Crippen LogP contribution in [0.2, 0.25) is 0 Å². The average Bonchev–Trinajstić information content (AvgIpc) is 2.66. The summed E-state index contributed by atoms with van der Waals surface area (Å²) in [7, 11) is 2.11. The van der Waals surface area contributed by atoms with Gasteiger partial charge in [-0.05, 0) is 30.5 Å². The zero-order chi connectivity index (χ0) is 10.4. The fourth-order valence-corrected chi connectivity index (χ4v) is 2.54. The van der Waals surface area contributed by atoms with Gasteiger partial charge in [-0.2, -0.15) is 0 Å². The van der Waals surface area contributed by atoms with Gasteiger partial charge >= 0.3 is 0 Å². The monoisotopic (exact) mass is 201 g/mol. The number of hydrogen-bond donors (Lipinski definition) is 2. The lowest BCUT2D eigenvalue weighted by molar-refractivity contribution is 0.747. The molecule has 1 aromatic heterocycles. The van der Waals surface area contributed by atoms with Crippen molar-refractivity contribution in [2.45, 2.75) is 12.8 Å². The zero-order valence-corrected chi connectivity index (χ0v) is 8.88. The lowest BCUT2D eigenvalue weighted by atomic mass is 9.99. The lowest BCUT2D eigenvalue weighted by Crippen LogP contribution is -2.25. The van der Waals surface area contributed by atoms with Crippen LogP contribution in [0.15, 0.2) is 18.3 Å². The molecule has 78 valence electrons. The largest absolute Gasteiger partial charge is 0.395 e. The fourth-order valence-electron chi connectivity index (χ4n) is 2.54. The number of aromatic amines is 1. The van der Waals surface area contributed by atoms with Crippen LogP contribution in [0.25, 0.3) is 10.9 Å². The Balaban J connectivity index is 2.36. The molecule has 2 heterocycles. The van der Waals surface area contributed by atoms with Crippen LogP contribution in [-0.4, -0.2) is 18.6 Å². The zero-order valence-electron chi connectivity index (χ0n) is 8.88. The highest BCUT2D eigenvalue weighted by atomic mass is 15.1. The highest BCUT2D eigenvalue weighted by Gasteiger charge is 2.18. The van der Waals surface area contributed by atoms with Crippen LogP contribution in [0.4, 0.5) is 11.4 Å². The van der Waals surface area contributed by atoms with Crippen LogP contribution in [-0.2, 0) is 6.42 Å². The number of hydrogen-bond acceptors (Lipinski definition) is 2. The van der Waals surface area contributed by atoms with Crippen molar-refractivity contribution in [1.82, 2.24) is 4.98 Å². The predicted octanol–water partition coefficient (Wildman–Crippen LogP) is 2.13. The van der Waals surface area contributed by atoms with Crippen LogP contribution in [0.5, 0.6) is 0 Å². The molecule has 0 saturated carbocycles. The number of nitrogens with zero attached hydrogens (tertiary/aromatic N) is 1. The standard InChI is InChI=1S/C12H15N3/c1-15-6-2-3-9-7-8-4-5-14-11(8)10(13)12(9)15/h4-5,7,14H,2-3,6,13H2,1H3. The van der Waals surface area contributed by atoms with E-state index in [9.17, 15) is 0 Å². The van der Waals surface area contributed by atoms with E-state index in [1.54, 1.807) is 0 Å². The number of benzene rings is 1. The second kappa shape index (κ2) is 2.92. The highest BCUT2D eigenvalue weighted by Crippen LogP contribution is 2.37. The Hall–Kier alpha value is -1.64. The van der Waals surface area contributed by atoms with Crippen molar-refractivity contribution in [3.05, 3.63) is 23.9 Å². The van der Waals surface area contributed by atoms with E-state index in [-0.39, 0.29) is 0 Å². The molecule has 15 heavy (non-hydrogen) atoms. The Morgan fingerprint density at radius 1 is 1.47 bits per heavy atom. The Morgan fingerprint density at radius 2 is 2.33 bits per heavy atom. The predicted molar refractivity (Wildman–Crippen MR) is 64.3 cm³/mol. The second-order valence-electron chi connectivity index (χ2n) is 4.26. The van der Waals surface area contributed by atoms with E-state index in [2.05, 4.69) is 29.1 Å². The van der Waals surface area contributed by atoms with Gasteiger partial charge in [-0.3, -0.25) is 0 Å². The second-order valence-corrected chi connectivity index (χ2v) is 4.26. The van der Waals surface area contributed by atoms with Crippen molar-refractivity contribution in [2.75, 3.05) is 24.2 Å². The fraction of sp³-hybridized carbons (Fsp3) is 0.333. The third-order valence-corrected chi connectivity index (χ3v) is 3.26. The van der Waals surface area contributed by atoms with E-state index in [1.807, 2.05) is 6.20 Å². The Labute approximate surface area is 88.9 Å². The van der Waals surface area contributed by atoms with Gasteiger partial charge in [0.15, 0.2) is 0 Å². The van der Waals surface area contributed by atoms with E-state index < -0.39 is 0 Å². The molecule has 0 radical (unpaired) electrons. The SMILES string of the molecule is CN1CCCc2cc3cc[nH]c3c(N)c21. The van der Waals surface area contributed by atoms with Gasteiger partial charge in [-0.1, -0.05) is 0 Å². The maximum Gasteiger partial charge on any atom is 0.0799 e. The molecule has 0 spiro atoms. The Bertz CT molecular complexity index is 513. The topological polar surface area (TPSA) is 45.0 Å². The minimum Gasteiger partial charge on any atom is -0.395 e. The summed E-state index contributed by atoms with van der Waals surface area (Å²) in [5.41, 5.74) is 10.8. The summed E-state index contributed by atoms with van der Waals surface area (Å²) in [6.45, 7) is 1.10. The van der Waals surface area contributed by atoms with Gasteiger partial charge in [0.05, 0.1) is 16.9 Å². The van der Waals surface area contributed by atoms with Crippen molar-refractivity contribution < 1.29 is 0 Å². The molecule has 1 aliphatic heterocycles.